The molecule has 0 saturated carbocycles. The molecule has 0 aromatic carbocycles. The average molecular weight is 206 g/mol. The molecule has 13 heavy (non-hydrogen) atoms. The zero-order valence-corrected chi connectivity index (χ0v) is 7.01. The normalized spacial score (nSPS) is 21.7. The Hall–Kier alpha value is -0.440. The molecule has 4 nitrogen and oxygen atoms in total. The van der Waals surface area contributed by atoms with E-state index in [4.69, 9.17) is 10.2 Å². The molecule has 0 aliphatic heterocycles. The Morgan fingerprint density at radius 2 is 1.15 bits per heavy atom. The first-order valence-corrected chi connectivity index (χ1v) is 3.28. The van der Waals surface area contributed by atoms with Crippen LogP contribution in [0.25, 0.3) is 0 Å². The molecule has 2 unspecified atom stereocenters. The third-order valence-corrected chi connectivity index (χ3v) is 1.40. The zero-order chi connectivity index (χ0) is 10.9. The minimum atomic E-state index is -2.81. The first-order chi connectivity index (χ1) is 5.59. The number of aliphatic hydroxyl groups is 2. The van der Waals surface area contributed by atoms with Gasteiger partial charge in [-0.05, 0) is 13.8 Å². The van der Waals surface area contributed by atoms with Gasteiger partial charge in [0, 0.05) is 6.42 Å². The Labute approximate surface area is 71.7 Å². The van der Waals surface area contributed by atoms with E-state index in [9.17, 15) is 17.9 Å². The van der Waals surface area contributed by atoms with Gasteiger partial charge in [-0.1, -0.05) is 17.9 Å². The van der Waals surface area contributed by atoms with Crippen LogP contribution in [-0.2, 0) is 0 Å². The van der Waals surface area contributed by atoms with E-state index in [0.29, 0.717) is 13.8 Å². The average Bonchev–Trinajstić information content (AvgIpc) is 1.83. The van der Waals surface area contributed by atoms with Gasteiger partial charge in [-0.2, -0.15) is 0 Å². The van der Waals surface area contributed by atoms with Gasteiger partial charge in [0.15, 0.2) is 11.4 Å². The van der Waals surface area contributed by atoms with E-state index in [0.717, 1.165) is 0 Å². The van der Waals surface area contributed by atoms with Crippen molar-refractivity contribution in [3.05, 3.63) is 0 Å². The van der Waals surface area contributed by atoms with E-state index in [1.54, 1.807) is 0 Å². The highest BCUT2D eigenvalue weighted by molar-refractivity contribution is 4.75. The fourth-order valence-electron chi connectivity index (χ4n) is 0.754. The van der Waals surface area contributed by atoms with Crippen LogP contribution in [0.2, 0.25) is 0 Å². The summed E-state index contributed by atoms with van der Waals surface area (Å²) < 4.78 is 47.3. The molecule has 8 heteroatoms. The SMILES string of the molecule is CC(O)(CC(C)(O)N(F)F)N(F)F. The number of halogens is 4. The van der Waals surface area contributed by atoms with Crippen molar-refractivity contribution >= 4 is 0 Å². The van der Waals surface area contributed by atoms with Gasteiger partial charge in [0.1, 0.15) is 0 Å². The maximum absolute atomic E-state index is 11.8. The van der Waals surface area contributed by atoms with Crippen LogP contribution in [0.15, 0.2) is 0 Å². The van der Waals surface area contributed by atoms with Gasteiger partial charge in [-0.3, -0.25) is 0 Å². The lowest BCUT2D eigenvalue weighted by Gasteiger charge is -2.31. The summed E-state index contributed by atoms with van der Waals surface area (Å²) in [5.41, 5.74) is -5.61. The van der Waals surface area contributed by atoms with Crippen molar-refractivity contribution in [2.75, 3.05) is 0 Å². The van der Waals surface area contributed by atoms with E-state index >= 15 is 0 Å². The third kappa shape index (κ3) is 3.43. The number of hydrogen-bond acceptors (Lipinski definition) is 4. The van der Waals surface area contributed by atoms with Crippen LogP contribution in [0.4, 0.5) is 17.9 Å². The highest BCUT2D eigenvalue weighted by atomic mass is 19.4. The smallest absolute Gasteiger partial charge is 0.179 e. The summed E-state index contributed by atoms with van der Waals surface area (Å²) in [6.07, 6.45) is -1.22. The van der Waals surface area contributed by atoms with Crippen LogP contribution in [0, 0.1) is 0 Å². The molecule has 0 fully saturated rings. The monoisotopic (exact) mass is 206 g/mol. The molecular formula is C5H10F4N2O2. The summed E-state index contributed by atoms with van der Waals surface area (Å²) in [4.78, 5) is 0. The first-order valence-electron chi connectivity index (χ1n) is 3.28. The zero-order valence-electron chi connectivity index (χ0n) is 7.01. The molecule has 0 aromatic heterocycles. The fraction of sp³-hybridized carbons (Fsp3) is 1.00. The summed E-state index contributed by atoms with van der Waals surface area (Å²) >= 11 is 0. The molecule has 0 heterocycles. The van der Waals surface area contributed by atoms with Crippen molar-refractivity contribution in [1.82, 2.24) is 10.7 Å². The van der Waals surface area contributed by atoms with Gasteiger partial charge in [-0.15, -0.1) is 0 Å². The minimum Gasteiger partial charge on any atom is -0.371 e. The van der Waals surface area contributed by atoms with Gasteiger partial charge in [0.2, 0.25) is 0 Å². The summed E-state index contributed by atoms with van der Waals surface area (Å²) in [6, 6.07) is 0. The van der Waals surface area contributed by atoms with Crippen LogP contribution in [0.5, 0.6) is 0 Å². The number of hydrogen-bond donors (Lipinski definition) is 2. The van der Waals surface area contributed by atoms with Crippen LogP contribution in [0.1, 0.15) is 20.3 Å². The summed E-state index contributed by atoms with van der Waals surface area (Å²) in [6.45, 7) is 1.20. The molecule has 0 radical (unpaired) electrons. The van der Waals surface area contributed by atoms with E-state index in [1.165, 1.54) is 0 Å². The van der Waals surface area contributed by atoms with Crippen molar-refractivity contribution < 1.29 is 28.1 Å². The molecule has 0 saturated heterocycles. The molecule has 2 atom stereocenters. The quantitative estimate of drug-likeness (QED) is 0.408. The van der Waals surface area contributed by atoms with E-state index in [1.807, 2.05) is 0 Å². The van der Waals surface area contributed by atoms with Crippen molar-refractivity contribution in [2.45, 2.75) is 31.7 Å². The standard InChI is InChI=1S/C5H10F4N2O2/c1-4(12,10(6)7)3-5(2,13)11(8)9/h12-13H,3H2,1-2H3. The second-order valence-electron chi connectivity index (χ2n) is 3.08. The van der Waals surface area contributed by atoms with Crippen molar-refractivity contribution in [3.8, 4) is 0 Å². The van der Waals surface area contributed by atoms with Crippen molar-refractivity contribution in [3.63, 3.8) is 0 Å². The highest BCUT2D eigenvalue weighted by Gasteiger charge is 2.43. The predicted octanol–water partition coefficient (Wildman–Crippen LogP) is 0.935. The molecule has 0 spiro atoms. The van der Waals surface area contributed by atoms with E-state index in [-0.39, 0.29) is 0 Å². The van der Waals surface area contributed by atoms with Gasteiger partial charge in [0.25, 0.3) is 0 Å². The number of nitrogens with zero attached hydrogens (tertiary/aromatic N) is 2. The maximum Gasteiger partial charge on any atom is 0.179 e. The Morgan fingerprint density at radius 1 is 0.923 bits per heavy atom. The largest absolute Gasteiger partial charge is 0.371 e. The van der Waals surface area contributed by atoms with Crippen molar-refractivity contribution in [1.29, 1.82) is 0 Å². The molecule has 0 aromatic rings. The number of rotatable bonds is 4. The summed E-state index contributed by atoms with van der Waals surface area (Å²) in [7, 11) is 0. The van der Waals surface area contributed by atoms with Gasteiger partial charge in [0.05, 0.1) is 10.7 Å². The van der Waals surface area contributed by atoms with E-state index in [2.05, 4.69) is 0 Å². The first kappa shape index (κ1) is 12.6. The lowest BCUT2D eigenvalue weighted by atomic mass is 10.0. The topological polar surface area (TPSA) is 46.9 Å². The van der Waals surface area contributed by atoms with Crippen LogP contribution in [0.3, 0.4) is 0 Å². The Balaban J connectivity index is 4.42. The summed E-state index contributed by atoms with van der Waals surface area (Å²) in [5.74, 6) is 0. The molecule has 2 N–H and O–H groups in total. The lowest BCUT2D eigenvalue weighted by Crippen LogP contribution is -2.48. The second-order valence-corrected chi connectivity index (χ2v) is 3.08. The fourth-order valence-corrected chi connectivity index (χ4v) is 0.754. The predicted molar refractivity (Wildman–Crippen MR) is 34.0 cm³/mol. The van der Waals surface area contributed by atoms with Crippen LogP contribution < -0.4 is 0 Å². The molecular weight excluding hydrogens is 196 g/mol. The Bertz CT molecular complexity index is 156. The van der Waals surface area contributed by atoms with Crippen molar-refractivity contribution in [2.24, 2.45) is 0 Å². The minimum absolute atomic E-state index is 0.602. The molecule has 80 valence electrons. The lowest BCUT2D eigenvalue weighted by molar-refractivity contribution is -0.358. The molecule has 0 aliphatic rings. The van der Waals surface area contributed by atoms with Crippen LogP contribution in [-0.4, -0.2) is 32.4 Å². The highest BCUT2D eigenvalue weighted by Crippen LogP contribution is 2.27. The van der Waals surface area contributed by atoms with Gasteiger partial charge < -0.3 is 10.2 Å². The molecule has 0 bridgehead atoms. The Morgan fingerprint density at radius 3 is 1.31 bits per heavy atom. The summed E-state index contributed by atoms with van der Waals surface area (Å²) in [5, 5.41) is 14.4. The van der Waals surface area contributed by atoms with Crippen LogP contribution >= 0.6 is 0 Å². The third-order valence-electron chi connectivity index (χ3n) is 1.40. The van der Waals surface area contributed by atoms with E-state index < -0.39 is 28.6 Å². The molecule has 0 aliphatic carbocycles. The second kappa shape index (κ2) is 3.74. The Kier molecular flexibility index (Phi) is 3.62. The molecule has 0 rings (SSSR count). The molecule has 0 amide bonds. The maximum atomic E-state index is 11.8. The van der Waals surface area contributed by atoms with Gasteiger partial charge >= 0.3 is 0 Å². The van der Waals surface area contributed by atoms with Gasteiger partial charge in [-0.25, -0.2) is 0 Å².